The molecular formula is C63H79Cl5F7N10O30P5S5. The Hall–Kier alpha value is -3.19. The molecule has 10 aliphatic rings. The molecule has 5 aromatic rings. The summed E-state index contributed by atoms with van der Waals surface area (Å²) in [5.74, 6) is -2.59. The molecule has 0 amide bonds. The van der Waals surface area contributed by atoms with E-state index in [1.165, 1.54) is 39.4 Å². The minimum absolute atomic E-state index is 0.0827. The Labute approximate surface area is 750 Å². The molecule has 5 aromatic heterocycles. The molecule has 62 heteroatoms. The maximum Gasteiger partial charge on any atom is 0.330 e. The summed E-state index contributed by atoms with van der Waals surface area (Å²) < 4.78 is 216. The van der Waals surface area contributed by atoms with Crippen molar-refractivity contribution in [3.63, 3.8) is 0 Å². The highest BCUT2D eigenvalue weighted by atomic mass is 35.5. The SMILES string of the molecule is CC(C)O[P@@]1(=S)OC[C@H]2O[C@@H](n3cc(F)c(=O)[nH]c3=O)[C@](F)(Cl)[C@@H]2O1.CC(C)O[P@]1(=S)OC[C@H]2O[C@@H](n3cc(F)c(=O)[nH]c3=O)[C@](F)(Cl)[C@@H]2O1.Cc1cn([C@@H]2O[C@@H]3COP(=S)(OC(C)C)O[C@H]3[C@@]2(F)Cl)c(=O)[nH]c1=O.Cc1cn([C@@H]2O[C@@H]3CO[P@@](=S)(OC(C)C)O[C@H]3[C@@]2(F)Cl)c(=O)[nH]c1=O.Cc1cn([C@@H]2O[C@@H]3CO[P@](=S)(OC(C)C)O[C@H]3[C@@]2(F)Cl)c(=O)[nH]c1=O. The van der Waals surface area contributed by atoms with Gasteiger partial charge >= 0.3 is 62.0 Å². The van der Waals surface area contributed by atoms with Crippen molar-refractivity contribution >= 4 is 151 Å². The van der Waals surface area contributed by atoms with Gasteiger partial charge in [0.25, 0.3) is 53.4 Å². The van der Waals surface area contributed by atoms with Gasteiger partial charge in [0.2, 0.25) is 11.6 Å². The predicted molar refractivity (Wildman–Crippen MR) is 445 cm³/mol. The standard InChI is InChI=1S/3C13H17ClFN2O6PS.2C12H14ClF2N2O6PS/c3*1-6(2)22-24(25)20-5-8-9(23-24)13(14,15)11(21-8)17-4-7(3)10(18)16-12(17)19;2*1-5(2)22-24(25)20-4-7-8(23-24)12(13,15)10(21-7)17-3-6(14)9(18)16-11(17)19/h3*4,6,8-9,11H,5H2,1-3H3,(H,16,18,19);2*3,5,7-8,10H,4H2,1-2H3,(H,16,18,19)/t8-,9-,11-,13+,24?;8-,9-,11-,13+,24+;8-,9-,11-,13+,24-;7-,8-,10-,12+,24+;7-,8-,10-,12+,24-/m11111/s1. The van der Waals surface area contributed by atoms with E-state index in [2.05, 4.69) is 15.0 Å². The number of ether oxygens (including phenoxy) is 5. The van der Waals surface area contributed by atoms with Gasteiger partial charge in [0.15, 0.2) is 31.1 Å². The third-order valence-corrected chi connectivity index (χ3v) is 32.5. The molecule has 10 fully saturated rings. The molecule has 15 rings (SSSR count). The van der Waals surface area contributed by atoms with E-state index >= 15 is 22.0 Å². The fourth-order valence-corrected chi connectivity index (χ4v) is 27.8. The summed E-state index contributed by atoms with van der Waals surface area (Å²) in [6, 6.07) is 0. The number of halogens is 12. The molecule has 10 saturated heterocycles. The van der Waals surface area contributed by atoms with Crippen molar-refractivity contribution in [1.29, 1.82) is 0 Å². The van der Waals surface area contributed by atoms with Crippen LogP contribution in [0.3, 0.4) is 0 Å². The van der Waals surface area contributed by atoms with Crippen molar-refractivity contribution in [3.05, 3.63) is 163 Å². The molecule has 125 heavy (non-hydrogen) atoms. The van der Waals surface area contributed by atoms with E-state index in [0.29, 0.717) is 21.5 Å². The zero-order valence-electron chi connectivity index (χ0n) is 66.8. The normalized spacial score (nSPS) is 38.1. The molecule has 10 aliphatic heterocycles. The van der Waals surface area contributed by atoms with Crippen LogP contribution in [0.5, 0.6) is 0 Å². The lowest BCUT2D eigenvalue weighted by atomic mass is 10.1. The fourth-order valence-electron chi connectivity index (χ4n) is 12.9. The van der Waals surface area contributed by atoms with Gasteiger partial charge in [-0.25, -0.2) is 45.9 Å². The van der Waals surface area contributed by atoms with Gasteiger partial charge in [0.1, 0.15) is 61.0 Å². The van der Waals surface area contributed by atoms with Crippen molar-refractivity contribution in [2.24, 2.45) is 0 Å². The van der Waals surface area contributed by atoms with E-state index in [1.807, 2.05) is 0 Å². The Morgan fingerprint density at radius 3 is 0.656 bits per heavy atom. The molecule has 0 bridgehead atoms. The van der Waals surface area contributed by atoms with Crippen LogP contribution in [0.4, 0.5) is 30.7 Å². The second kappa shape index (κ2) is 38.7. The number of fused-ring (bicyclic) bond motifs is 5. The van der Waals surface area contributed by atoms with Gasteiger partial charge in [-0.2, -0.15) is 8.78 Å². The quantitative estimate of drug-likeness (QED) is 0.0374. The summed E-state index contributed by atoms with van der Waals surface area (Å²) in [5.41, 5.74) is -8.30. The van der Waals surface area contributed by atoms with E-state index in [9.17, 15) is 56.7 Å². The Morgan fingerprint density at radius 1 is 0.328 bits per heavy atom. The van der Waals surface area contributed by atoms with Gasteiger partial charge in [0, 0.05) is 35.3 Å². The molecule has 700 valence electrons. The molecular weight excluding hydrogens is 2000 g/mol. The van der Waals surface area contributed by atoms with Crippen LogP contribution in [0, 0.1) is 32.4 Å². The van der Waals surface area contributed by atoms with Crippen molar-refractivity contribution in [2.45, 2.75) is 238 Å². The molecule has 0 aliphatic carbocycles. The lowest BCUT2D eigenvalue weighted by Gasteiger charge is -2.35. The smallest absolute Gasteiger partial charge is 0.330 e. The fraction of sp³-hybridized carbons (Fsp3) is 0.683. The zero-order valence-corrected chi connectivity index (χ0v) is 79.1. The summed E-state index contributed by atoms with van der Waals surface area (Å²) >= 11 is 56.1. The minimum Gasteiger partial charge on any atom is -0.344 e. The lowest BCUT2D eigenvalue weighted by Crippen LogP contribution is -2.45. The zero-order chi connectivity index (χ0) is 92.8. The van der Waals surface area contributed by atoms with Gasteiger partial charge in [-0.1, -0.05) is 58.0 Å². The molecule has 25 atom stereocenters. The number of rotatable bonds is 15. The van der Waals surface area contributed by atoms with Crippen LogP contribution in [-0.2, 0) is 151 Å². The first-order valence-electron chi connectivity index (χ1n) is 36.9. The van der Waals surface area contributed by atoms with E-state index < -0.39 is 219 Å². The van der Waals surface area contributed by atoms with Crippen LogP contribution in [0.15, 0.2) is 78.9 Å². The summed E-state index contributed by atoms with van der Waals surface area (Å²) in [6.45, 7) is 5.02. The average Bonchev–Trinajstić information content (AvgIpc) is 1.62. The van der Waals surface area contributed by atoms with E-state index in [0.717, 1.165) is 13.7 Å². The molecule has 0 spiro atoms. The average molecular weight is 2080 g/mol. The second-order valence-electron chi connectivity index (χ2n) is 29.8. The number of H-pyrrole nitrogens is 5. The van der Waals surface area contributed by atoms with Crippen molar-refractivity contribution < 1.29 is 122 Å². The first-order chi connectivity index (χ1) is 57.7. The van der Waals surface area contributed by atoms with Crippen LogP contribution in [0.2, 0.25) is 0 Å². The topological polar surface area (TPSA) is 459 Å². The van der Waals surface area contributed by atoms with Crippen LogP contribution in [0.1, 0.15) is 117 Å². The van der Waals surface area contributed by atoms with Gasteiger partial charge in [-0.3, -0.25) is 94.3 Å². The number of nitrogens with zero attached hydrogens (tertiary/aromatic N) is 5. The molecule has 0 saturated carbocycles. The van der Waals surface area contributed by atoms with Gasteiger partial charge in [-0.15, -0.1) is 0 Å². The summed E-state index contributed by atoms with van der Waals surface area (Å²) in [7, 11) is 0. The minimum atomic E-state index is -3.26. The predicted octanol–water partition coefficient (Wildman–Crippen LogP) is 8.22. The number of aromatic nitrogens is 10. The van der Waals surface area contributed by atoms with E-state index in [-0.39, 0.29) is 80.2 Å². The maximum absolute atomic E-state index is 15.3. The highest BCUT2D eigenvalue weighted by Crippen LogP contribution is 2.67. The number of hydrogen-bond donors (Lipinski definition) is 5. The molecule has 40 nitrogen and oxygen atoms in total. The number of aromatic amines is 5. The third kappa shape index (κ3) is 22.3. The highest BCUT2D eigenvalue weighted by molar-refractivity contribution is 8.08. The lowest BCUT2D eigenvalue weighted by molar-refractivity contribution is -0.0659. The van der Waals surface area contributed by atoms with Gasteiger partial charge in [0.05, 0.1) is 75.9 Å². The second-order valence-corrected chi connectivity index (χ2v) is 47.3. The summed E-state index contributed by atoms with van der Waals surface area (Å²) in [4.78, 5) is 126. The highest BCUT2D eigenvalue weighted by Gasteiger charge is 2.68. The first kappa shape index (κ1) is 102. The summed E-state index contributed by atoms with van der Waals surface area (Å²) in [6.07, 6.45) is -16.3. The molecule has 5 N–H and O–H groups in total. The number of nitrogens with one attached hydrogen (secondary N) is 5. The van der Waals surface area contributed by atoms with E-state index in [1.54, 1.807) is 79.2 Å². The van der Waals surface area contributed by atoms with Crippen LogP contribution in [-0.4, -0.2) is 198 Å². The Morgan fingerprint density at radius 2 is 0.488 bits per heavy atom. The van der Waals surface area contributed by atoms with Crippen LogP contribution >= 0.6 is 91.6 Å². The van der Waals surface area contributed by atoms with Gasteiger partial charge < -0.3 is 68.9 Å². The monoisotopic (exact) mass is 2080 g/mol. The number of hydrogen-bond acceptors (Lipinski definition) is 35. The molecule has 0 aromatic carbocycles. The molecule has 0 radical (unpaired) electrons. The number of aryl methyl sites for hydroxylation is 3. The summed E-state index contributed by atoms with van der Waals surface area (Å²) in [5, 5.41) is -13.4. The van der Waals surface area contributed by atoms with Crippen molar-refractivity contribution in [3.8, 4) is 0 Å². The largest absolute Gasteiger partial charge is 0.344 e. The molecule has 1 unspecified atom stereocenters. The van der Waals surface area contributed by atoms with E-state index in [4.69, 9.17) is 209 Å². The molecule has 15 heterocycles. The maximum atomic E-state index is 15.3. The Kier molecular flexibility index (Phi) is 31.6. The number of alkyl halides is 10. The van der Waals surface area contributed by atoms with Crippen molar-refractivity contribution in [2.75, 3.05) is 33.0 Å². The Bertz CT molecular complexity index is 5020. The Balaban J connectivity index is 0.000000152. The third-order valence-electron chi connectivity index (χ3n) is 18.2. The van der Waals surface area contributed by atoms with Gasteiger partial charge in [-0.05, 0) is 149 Å². The first-order valence-corrected chi connectivity index (χ1v) is 51.5. The van der Waals surface area contributed by atoms with Crippen LogP contribution < -0.4 is 56.2 Å². The van der Waals surface area contributed by atoms with Crippen LogP contribution in [0.25, 0.3) is 0 Å². The van der Waals surface area contributed by atoms with Crippen molar-refractivity contribution in [1.82, 2.24) is 47.8 Å².